The van der Waals surface area contributed by atoms with E-state index in [4.69, 9.17) is 10.5 Å². The Bertz CT molecular complexity index is 530. The van der Waals surface area contributed by atoms with Crippen LogP contribution < -0.4 is 15.4 Å². The molecule has 19 heavy (non-hydrogen) atoms. The molecular weight excluding hydrogens is 240 g/mol. The number of hydrogen-bond acceptors (Lipinski definition) is 5. The van der Waals surface area contributed by atoms with Gasteiger partial charge in [0.15, 0.2) is 0 Å². The van der Waals surface area contributed by atoms with Gasteiger partial charge in [-0.25, -0.2) is 0 Å². The highest BCUT2D eigenvalue weighted by atomic mass is 16.5. The molecule has 5 nitrogen and oxygen atoms in total. The standard InChI is InChI=1S/C14H18N4O/c1-18(10-7-11-5-8-16-9-6-11)13-4-3-12(15)14(17-13)19-2/h3-6,8-9H,7,10,15H2,1-2H3. The Morgan fingerprint density at radius 2 is 1.95 bits per heavy atom. The summed E-state index contributed by atoms with van der Waals surface area (Å²) in [4.78, 5) is 10.4. The van der Waals surface area contributed by atoms with Gasteiger partial charge in [0.1, 0.15) is 5.82 Å². The normalized spacial score (nSPS) is 10.2. The Morgan fingerprint density at radius 1 is 1.21 bits per heavy atom. The van der Waals surface area contributed by atoms with Crippen LogP contribution in [-0.2, 0) is 6.42 Å². The summed E-state index contributed by atoms with van der Waals surface area (Å²) < 4.78 is 5.13. The van der Waals surface area contributed by atoms with Crippen molar-refractivity contribution in [3.8, 4) is 5.88 Å². The van der Waals surface area contributed by atoms with Gasteiger partial charge in [0, 0.05) is 26.0 Å². The van der Waals surface area contributed by atoms with Gasteiger partial charge in [-0.1, -0.05) is 0 Å². The Morgan fingerprint density at radius 3 is 2.63 bits per heavy atom. The molecule has 0 saturated carbocycles. The van der Waals surface area contributed by atoms with E-state index in [0.29, 0.717) is 11.6 Å². The van der Waals surface area contributed by atoms with Crippen LogP contribution in [-0.4, -0.2) is 30.7 Å². The molecule has 100 valence electrons. The predicted octanol–water partition coefficient (Wildman–Crippen LogP) is 1.75. The van der Waals surface area contributed by atoms with Gasteiger partial charge in [0.25, 0.3) is 0 Å². The summed E-state index contributed by atoms with van der Waals surface area (Å²) in [6.07, 6.45) is 4.55. The number of aromatic nitrogens is 2. The molecule has 0 radical (unpaired) electrons. The number of rotatable bonds is 5. The van der Waals surface area contributed by atoms with E-state index in [0.717, 1.165) is 18.8 Å². The monoisotopic (exact) mass is 258 g/mol. The maximum absolute atomic E-state index is 5.75. The average molecular weight is 258 g/mol. The van der Waals surface area contributed by atoms with Crippen LogP contribution in [0.25, 0.3) is 0 Å². The first-order chi connectivity index (χ1) is 9.20. The van der Waals surface area contributed by atoms with Crippen molar-refractivity contribution in [2.45, 2.75) is 6.42 Å². The molecule has 2 heterocycles. The Labute approximate surface area is 113 Å². The molecule has 0 bridgehead atoms. The zero-order valence-corrected chi connectivity index (χ0v) is 11.2. The summed E-state index contributed by atoms with van der Waals surface area (Å²) in [6.45, 7) is 0.865. The zero-order chi connectivity index (χ0) is 13.7. The first-order valence-corrected chi connectivity index (χ1v) is 6.11. The molecule has 2 rings (SSSR count). The number of anilines is 2. The lowest BCUT2D eigenvalue weighted by molar-refractivity contribution is 0.400. The van der Waals surface area contributed by atoms with Gasteiger partial charge < -0.3 is 15.4 Å². The van der Waals surface area contributed by atoms with E-state index >= 15 is 0 Å². The number of nitrogens with two attached hydrogens (primary N) is 1. The number of ether oxygens (including phenoxy) is 1. The highest BCUT2D eigenvalue weighted by molar-refractivity contribution is 5.54. The minimum absolute atomic E-state index is 0.466. The third-order valence-corrected chi connectivity index (χ3v) is 2.94. The number of nitrogen functional groups attached to an aromatic ring is 1. The van der Waals surface area contributed by atoms with Crippen LogP contribution in [0.2, 0.25) is 0 Å². The van der Waals surface area contributed by atoms with E-state index in [-0.39, 0.29) is 0 Å². The predicted molar refractivity (Wildman–Crippen MR) is 76.4 cm³/mol. The second-order valence-electron chi connectivity index (χ2n) is 4.29. The quantitative estimate of drug-likeness (QED) is 0.885. The largest absolute Gasteiger partial charge is 0.479 e. The number of hydrogen-bond donors (Lipinski definition) is 1. The van der Waals surface area contributed by atoms with Gasteiger partial charge in [-0.2, -0.15) is 4.98 Å². The van der Waals surface area contributed by atoms with Crippen molar-refractivity contribution in [2.24, 2.45) is 0 Å². The lowest BCUT2D eigenvalue weighted by Crippen LogP contribution is -2.21. The van der Waals surface area contributed by atoms with E-state index in [1.54, 1.807) is 19.5 Å². The second-order valence-corrected chi connectivity index (χ2v) is 4.29. The second kappa shape index (κ2) is 6.04. The van der Waals surface area contributed by atoms with Crippen LogP contribution in [0, 0.1) is 0 Å². The third-order valence-electron chi connectivity index (χ3n) is 2.94. The SMILES string of the molecule is COc1nc(N(C)CCc2ccncc2)ccc1N. The molecule has 0 amide bonds. The van der Waals surface area contributed by atoms with Crippen molar-refractivity contribution in [1.82, 2.24) is 9.97 Å². The van der Waals surface area contributed by atoms with Gasteiger partial charge in [0.2, 0.25) is 5.88 Å². The van der Waals surface area contributed by atoms with Crippen LogP contribution in [0.3, 0.4) is 0 Å². The number of likely N-dealkylation sites (N-methyl/N-ethyl adjacent to an activating group) is 1. The minimum Gasteiger partial charge on any atom is -0.479 e. The first kappa shape index (κ1) is 13.1. The maximum atomic E-state index is 5.75. The van der Waals surface area contributed by atoms with Crippen LogP contribution >= 0.6 is 0 Å². The van der Waals surface area contributed by atoms with Crippen molar-refractivity contribution < 1.29 is 4.74 Å². The summed E-state index contributed by atoms with van der Waals surface area (Å²) in [5.74, 6) is 1.31. The molecule has 2 aromatic heterocycles. The minimum atomic E-state index is 0.466. The summed E-state index contributed by atoms with van der Waals surface area (Å²) in [5, 5.41) is 0. The van der Waals surface area contributed by atoms with Crippen molar-refractivity contribution >= 4 is 11.5 Å². The third kappa shape index (κ3) is 3.34. The van der Waals surface area contributed by atoms with E-state index in [1.807, 2.05) is 31.3 Å². The van der Waals surface area contributed by atoms with Gasteiger partial charge in [-0.3, -0.25) is 4.98 Å². The van der Waals surface area contributed by atoms with E-state index < -0.39 is 0 Å². The van der Waals surface area contributed by atoms with Gasteiger partial charge in [0.05, 0.1) is 12.8 Å². The fraction of sp³-hybridized carbons (Fsp3) is 0.286. The smallest absolute Gasteiger partial charge is 0.238 e. The Balaban J connectivity index is 2.02. The molecular formula is C14H18N4O. The molecule has 0 aliphatic rings. The number of pyridine rings is 2. The topological polar surface area (TPSA) is 64.3 Å². The molecule has 0 saturated heterocycles. The van der Waals surface area contributed by atoms with E-state index in [1.165, 1.54) is 5.56 Å². The fourth-order valence-electron chi connectivity index (χ4n) is 1.78. The van der Waals surface area contributed by atoms with Crippen LogP contribution in [0.1, 0.15) is 5.56 Å². The molecule has 0 unspecified atom stereocenters. The van der Waals surface area contributed by atoms with Crippen LogP contribution in [0.15, 0.2) is 36.7 Å². The van der Waals surface area contributed by atoms with Crippen LogP contribution in [0.4, 0.5) is 11.5 Å². The molecule has 0 fully saturated rings. The van der Waals surface area contributed by atoms with Crippen LogP contribution in [0.5, 0.6) is 5.88 Å². The average Bonchev–Trinajstić information content (AvgIpc) is 2.46. The zero-order valence-electron chi connectivity index (χ0n) is 11.2. The first-order valence-electron chi connectivity index (χ1n) is 6.11. The fourth-order valence-corrected chi connectivity index (χ4v) is 1.78. The molecule has 0 atom stereocenters. The summed E-state index contributed by atoms with van der Waals surface area (Å²) in [6, 6.07) is 7.74. The molecule has 0 aliphatic carbocycles. The molecule has 2 aromatic rings. The number of nitrogens with zero attached hydrogens (tertiary/aromatic N) is 3. The number of methoxy groups -OCH3 is 1. The van der Waals surface area contributed by atoms with Crippen molar-refractivity contribution in [3.63, 3.8) is 0 Å². The van der Waals surface area contributed by atoms with Crippen molar-refractivity contribution in [3.05, 3.63) is 42.2 Å². The molecule has 0 spiro atoms. The Hall–Kier alpha value is -2.30. The lowest BCUT2D eigenvalue weighted by Gasteiger charge is -2.19. The maximum Gasteiger partial charge on any atom is 0.238 e. The molecule has 5 heteroatoms. The van der Waals surface area contributed by atoms with Gasteiger partial charge in [-0.05, 0) is 36.2 Å². The van der Waals surface area contributed by atoms with Gasteiger partial charge in [-0.15, -0.1) is 0 Å². The van der Waals surface area contributed by atoms with Gasteiger partial charge >= 0.3 is 0 Å². The Kier molecular flexibility index (Phi) is 4.18. The summed E-state index contributed by atoms with van der Waals surface area (Å²) in [5.41, 5.74) is 7.56. The van der Waals surface area contributed by atoms with Crippen molar-refractivity contribution in [1.29, 1.82) is 0 Å². The molecule has 0 aliphatic heterocycles. The van der Waals surface area contributed by atoms with E-state index in [2.05, 4.69) is 14.9 Å². The molecule has 0 aromatic carbocycles. The molecule has 2 N–H and O–H groups in total. The van der Waals surface area contributed by atoms with E-state index in [9.17, 15) is 0 Å². The summed E-state index contributed by atoms with van der Waals surface area (Å²) in [7, 11) is 3.57. The van der Waals surface area contributed by atoms with Crippen molar-refractivity contribution in [2.75, 3.05) is 31.3 Å². The summed E-state index contributed by atoms with van der Waals surface area (Å²) >= 11 is 0. The highest BCUT2D eigenvalue weighted by Gasteiger charge is 2.07. The lowest BCUT2D eigenvalue weighted by atomic mass is 10.2. The highest BCUT2D eigenvalue weighted by Crippen LogP contribution is 2.22.